The number of amides is 1. The monoisotopic (exact) mass is 388 g/mol. The van der Waals surface area contributed by atoms with Gasteiger partial charge in [0.2, 0.25) is 0 Å². The number of nitrogens with zero attached hydrogens (tertiary/aromatic N) is 2. The van der Waals surface area contributed by atoms with E-state index in [2.05, 4.69) is 10.3 Å². The van der Waals surface area contributed by atoms with E-state index in [0.717, 1.165) is 15.7 Å². The Kier molecular flexibility index (Phi) is 4.43. The predicted molar refractivity (Wildman–Crippen MR) is 113 cm³/mol. The molecule has 4 rings (SSSR count). The number of aryl methyl sites for hydroxylation is 3. The third-order valence-corrected chi connectivity index (χ3v) is 5.05. The quantitative estimate of drug-likeness (QED) is 0.566. The zero-order valence-electron chi connectivity index (χ0n) is 16.3. The topological polar surface area (TPSA) is 88.9 Å². The summed E-state index contributed by atoms with van der Waals surface area (Å²) in [5, 5.41) is 2.83. The van der Waals surface area contributed by atoms with Crippen LogP contribution < -0.4 is 16.6 Å². The average Bonchev–Trinajstić information content (AvgIpc) is 3.02. The van der Waals surface area contributed by atoms with Crippen LogP contribution in [0.4, 0.5) is 5.69 Å². The number of aromatic amines is 1. The Balaban J connectivity index is 1.83. The molecule has 0 aliphatic heterocycles. The minimum Gasteiger partial charge on any atom is -0.344 e. The number of carbonyl (C=O) groups excluding carboxylic acids is 1. The van der Waals surface area contributed by atoms with Crippen LogP contribution in [0.1, 0.15) is 21.5 Å². The first kappa shape index (κ1) is 18.5. The van der Waals surface area contributed by atoms with Gasteiger partial charge in [0.15, 0.2) is 0 Å². The zero-order chi connectivity index (χ0) is 20.7. The molecular weight excluding hydrogens is 368 g/mol. The Morgan fingerprint density at radius 1 is 1.00 bits per heavy atom. The molecule has 0 unspecified atom stereocenters. The summed E-state index contributed by atoms with van der Waals surface area (Å²) in [5.74, 6) is -0.397. The van der Waals surface area contributed by atoms with E-state index in [9.17, 15) is 14.4 Å². The van der Waals surface area contributed by atoms with Crippen molar-refractivity contribution < 1.29 is 4.79 Å². The highest BCUT2D eigenvalue weighted by atomic mass is 16.2. The number of hydrogen-bond donors (Lipinski definition) is 2. The Morgan fingerprint density at radius 3 is 2.41 bits per heavy atom. The highest BCUT2D eigenvalue weighted by molar-refractivity contribution is 6.11. The van der Waals surface area contributed by atoms with Crippen LogP contribution >= 0.6 is 0 Å². The van der Waals surface area contributed by atoms with Crippen molar-refractivity contribution in [2.75, 3.05) is 5.32 Å². The van der Waals surface area contributed by atoms with Gasteiger partial charge in [0, 0.05) is 18.9 Å². The molecule has 2 aromatic carbocycles. The lowest BCUT2D eigenvalue weighted by Crippen LogP contribution is -2.34. The summed E-state index contributed by atoms with van der Waals surface area (Å²) < 4.78 is 2.62. The van der Waals surface area contributed by atoms with Crippen molar-refractivity contribution in [3.8, 4) is 5.69 Å². The Hall–Kier alpha value is -3.87. The maximum Gasteiger partial charge on any atom is 0.333 e. The van der Waals surface area contributed by atoms with Gasteiger partial charge >= 0.3 is 5.69 Å². The molecule has 0 aliphatic rings. The Labute approximate surface area is 166 Å². The Bertz CT molecular complexity index is 1360. The largest absolute Gasteiger partial charge is 0.344 e. The summed E-state index contributed by atoms with van der Waals surface area (Å²) in [6, 6.07) is 14.3. The molecule has 146 valence electrons. The summed E-state index contributed by atoms with van der Waals surface area (Å²) >= 11 is 0. The molecule has 0 fully saturated rings. The summed E-state index contributed by atoms with van der Waals surface area (Å²) in [6.07, 6.45) is 1.55. The molecule has 0 saturated heterocycles. The lowest BCUT2D eigenvalue weighted by atomic mass is 10.1. The SMILES string of the molecule is Cc1ccc(NC(=O)c2cn(C)c3c(=O)n(-c4ccccc4)c(=O)[nH]c23)cc1C. The van der Waals surface area contributed by atoms with Gasteiger partial charge in [-0.05, 0) is 49.2 Å². The highest BCUT2D eigenvalue weighted by Crippen LogP contribution is 2.19. The van der Waals surface area contributed by atoms with Crippen molar-refractivity contribution in [1.29, 1.82) is 0 Å². The normalized spacial score (nSPS) is 11.0. The van der Waals surface area contributed by atoms with E-state index in [-0.39, 0.29) is 16.6 Å². The van der Waals surface area contributed by atoms with Gasteiger partial charge in [0.25, 0.3) is 11.5 Å². The Morgan fingerprint density at radius 2 is 1.72 bits per heavy atom. The number of carbonyl (C=O) groups is 1. The number of para-hydroxylation sites is 1. The summed E-state index contributed by atoms with van der Waals surface area (Å²) in [5.41, 5.74) is 2.91. The van der Waals surface area contributed by atoms with Gasteiger partial charge in [-0.15, -0.1) is 0 Å². The fourth-order valence-electron chi connectivity index (χ4n) is 3.37. The van der Waals surface area contributed by atoms with Gasteiger partial charge in [-0.25, -0.2) is 9.36 Å². The molecule has 0 saturated carbocycles. The van der Waals surface area contributed by atoms with Gasteiger partial charge in [-0.1, -0.05) is 24.3 Å². The van der Waals surface area contributed by atoms with Crippen molar-refractivity contribution in [3.63, 3.8) is 0 Å². The van der Waals surface area contributed by atoms with E-state index >= 15 is 0 Å². The maximum absolute atomic E-state index is 13.0. The minimum absolute atomic E-state index is 0.219. The van der Waals surface area contributed by atoms with Crippen LogP contribution in [0.15, 0.2) is 64.3 Å². The minimum atomic E-state index is -0.597. The number of anilines is 1. The lowest BCUT2D eigenvalue weighted by Gasteiger charge is -2.08. The average molecular weight is 388 g/mol. The van der Waals surface area contributed by atoms with Crippen molar-refractivity contribution in [1.82, 2.24) is 14.1 Å². The molecule has 1 amide bonds. The van der Waals surface area contributed by atoms with E-state index in [0.29, 0.717) is 11.4 Å². The molecule has 7 heteroatoms. The molecule has 0 spiro atoms. The molecule has 0 aliphatic carbocycles. The maximum atomic E-state index is 13.0. The van der Waals surface area contributed by atoms with Crippen molar-refractivity contribution in [2.45, 2.75) is 13.8 Å². The molecule has 2 aromatic heterocycles. The zero-order valence-corrected chi connectivity index (χ0v) is 16.3. The van der Waals surface area contributed by atoms with Crippen molar-refractivity contribution in [3.05, 3.63) is 92.3 Å². The van der Waals surface area contributed by atoms with Gasteiger partial charge in [-0.3, -0.25) is 9.59 Å². The van der Waals surface area contributed by atoms with Crippen LogP contribution in [-0.4, -0.2) is 20.0 Å². The molecule has 0 bridgehead atoms. The fraction of sp³-hybridized carbons (Fsp3) is 0.136. The summed E-state index contributed by atoms with van der Waals surface area (Å²) in [6.45, 7) is 3.96. The van der Waals surface area contributed by atoms with Crippen LogP contribution in [0, 0.1) is 13.8 Å². The smallest absolute Gasteiger partial charge is 0.333 e. The first-order chi connectivity index (χ1) is 13.9. The standard InChI is InChI=1S/C22H20N4O3/c1-13-9-10-15(11-14(13)2)23-20(27)17-12-25(3)19-18(17)24-22(29)26(21(19)28)16-7-5-4-6-8-16/h4-12H,1-3H3,(H,23,27)(H,24,29). The number of aromatic nitrogens is 3. The van der Waals surface area contributed by atoms with Crippen LogP contribution in [0.3, 0.4) is 0 Å². The lowest BCUT2D eigenvalue weighted by molar-refractivity contribution is 0.102. The highest BCUT2D eigenvalue weighted by Gasteiger charge is 2.20. The number of benzene rings is 2. The number of hydrogen-bond acceptors (Lipinski definition) is 3. The van der Waals surface area contributed by atoms with E-state index in [1.807, 2.05) is 32.0 Å². The molecule has 7 nitrogen and oxygen atoms in total. The van der Waals surface area contributed by atoms with Crippen LogP contribution in [0.2, 0.25) is 0 Å². The molecule has 29 heavy (non-hydrogen) atoms. The predicted octanol–water partition coefficient (Wildman–Crippen LogP) is 2.89. The second-order valence-corrected chi connectivity index (χ2v) is 7.04. The van der Waals surface area contributed by atoms with Crippen LogP contribution in [-0.2, 0) is 7.05 Å². The molecular formula is C22H20N4O3. The van der Waals surface area contributed by atoms with E-state index < -0.39 is 17.2 Å². The van der Waals surface area contributed by atoms with Gasteiger partial charge in [0.1, 0.15) is 5.52 Å². The number of nitrogens with one attached hydrogen (secondary N) is 2. The van der Waals surface area contributed by atoms with Crippen LogP contribution in [0.25, 0.3) is 16.7 Å². The first-order valence-electron chi connectivity index (χ1n) is 9.15. The molecule has 2 N–H and O–H groups in total. The van der Waals surface area contributed by atoms with Gasteiger partial charge in [0.05, 0.1) is 16.8 Å². The van der Waals surface area contributed by atoms with Gasteiger partial charge in [-0.2, -0.15) is 0 Å². The van der Waals surface area contributed by atoms with E-state index in [1.54, 1.807) is 48.1 Å². The fourth-order valence-corrected chi connectivity index (χ4v) is 3.37. The van der Waals surface area contributed by atoms with Crippen molar-refractivity contribution >= 4 is 22.6 Å². The second-order valence-electron chi connectivity index (χ2n) is 7.04. The summed E-state index contributed by atoms with van der Waals surface area (Å²) in [7, 11) is 1.67. The number of fused-ring (bicyclic) bond motifs is 1. The molecule has 4 aromatic rings. The van der Waals surface area contributed by atoms with Crippen LogP contribution in [0.5, 0.6) is 0 Å². The molecule has 2 heterocycles. The number of rotatable bonds is 3. The number of H-pyrrole nitrogens is 1. The third-order valence-electron chi connectivity index (χ3n) is 5.05. The third kappa shape index (κ3) is 3.16. The van der Waals surface area contributed by atoms with Crippen molar-refractivity contribution in [2.24, 2.45) is 7.05 Å². The van der Waals surface area contributed by atoms with E-state index in [4.69, 9.17) is 0 Å². The van der Waals surface area contributed by atoms with Gasteiger partial charge < -0.3 is 14.9 Å². The molecule has 0 atom stereocenters. The molecule has 0 radical (unpaired) electrons. The summed E-state index contributed by atoms with van der Waals surface area (Å²) in [4.78, 5) is 41.2. The first-order valence-corrected chi connectivity index (χ1v) is 9.15. The second kappa shape index (κ2) is 6.94. The van der Waals surface area contributed by atoms with E-state index in [1.165, 1.54) is 0 Å².